The van der Waals surface area contributed by atoms with Gasteiger partial charge in [-0.15, -0.1) is 0 Å². The molecule has 0 radical (unpaired) electrons. The van der Waals surface area contributed by atoms with Crippen LogP contribution in [-0.4, -0.2) is 32.3 Å². The fourth-order valence-corrected chi connectivity index (χ4v) is 3.76. The maximum Gasteiger partial charge on any atom is 0.240 e. The molecule has 0 spiro atoms. The van der Waals surface area contributed by atoms with Gasteiger partial charge in [-0.1, -0.05) is 19.1 Å². The Balaban J connectivity index is 2.03. The monoisotopic (exact) mass is 313 g/mol. The first kappa shape index (κ1) is 16.4. The van der Waals surface area contributed by atoms with Crippen LogP contribution in [0.5, 0.6) is 0 Å². The number of hydrogen-bond acceptors (Lipinski definition) is 4. The zero-order valence-corrected chi connectivity index (χ0v) is 13.3. The first-order valence-electron chi connectivity index (χ1n) is 7.38. The van der Waals surface area contributed by atoms with Crippen molar-refractivity contribution in [1.29, 1.82) is 0 Å². The molecular formula is C15H23NO4S. The van der Waals surface area contributed by atoms with Gasteiger partial charge in [-0.25, -0.2) is 13.1 Å². The van der Waals surface area contributed by atoms with E-state index in [0.29, 0.717) is 31.4 Å². The van der Waals surface area contributed by atoms with Crippen molar-refractivity contribution < 1.29 is 18.3 Å². The van der Waals surface area contributed by atoms with Gasteiger partial charge in [0, 0.05) is 12.6 Å². The van der Waals surface area contributed by atoms with Crippen LogP contribution in [0.2, 0.25) is 0 Å². The smallest absolute Gasteiger partial charge is 0.240 e. The summed E-state index contributed by atoms with van der Waals surface area (Å²) in [6.45, 7) is 4.44. The molecule has 1 atom stereocenters. The van der Waals surface area contributed by atoms with Crippen LogP contribution < -0.4 is 4.72 Å². The van der Waals surface area contributed by atoms with E-state index in [0.717, 1.165) is 0 Å². The summed E-state index contributed by atoms with van der Waals surface area (Å²) in [5, 5.41) is 9.82. The summed E-state index contributed by atoms with van der Waals surface area (Å²) < 4.78 is 32.8. The largest absolute Gasteiger partial charge is 0.388 e. The number of rotatable bonds is 7. The molecule has 2 rings (SSSR count). The summed E-state index contributed by atoms with van der Waals surface area (Å²) in [5.74, 6) is 0. The highest BCUT2D eigenvalue weighted by Gasteiger charge is 2.33. The summed E-state index contributed by atoms with van der Waals surface area (Å²) in [7, 11) is -3.54. The van der Waals surface area contributed by atoms with E-state index in [1.807, 2.05) is 13.8 Å². The molecule has 21 heavy (non-hydrogen) atoms. The van der Waals surface area contributed by atoms with Crippen LogP contribution in [0.3, 0.4) is 0 Å². The summed E-state index contributed by atoms with van der Waals surface area (Å²) >= 11 is 0. The number of hydrogen-bond donors (Lipinski definition) is 2. The maximum atomic E-state index is 12.3. The zero-order valence-electron chi connectivity index (χ0n) is 12.5. The van der Waals surface area contributed by atoms with Gasteiger partial charge in [-0.3, -0.25) is 0 Å². The number of ether oxygens (including phenoxy) is 1. The summed E-state index contributed by atoms with van der Waals surface area (Å²) in [6.07, 6.45) is 1.51. The number of benzene rings is 1. The average molecular weight is 313 g/mol. The van der Waals surface area contributed by atoms with Gasteiger partial charge >= 0.3 is 0 Å². The minimum absolute atomic E-state index is 0.0636. The Bertz CT molecular complexity index is 567. The molecular weight excluding hydrogens is 290 g/mol. The highest BCUT2D eigenvalue weighted by molar-refractivity contribution is 7.89. The van der Waals surface area contributed by atoms with Crippen molar-refractivity contribution in [3.05, 3.63) is 29.8 Å². The van der Waals surface area contributed by atoms with Crippen molar-refractivity contribution in [2.24, 2.45) is 0 Å². The van der Waals surface area contributed by atoms with Gasteiger partial charge in [-0.05, 0) is 43.9 Å². The Morgan fingerprint density at radius 2 is 2.10 bits per heavy atom. The standard InChI is InChI=1S/C15H23NO4S/c1-3-15(17)11-6-5-7-14(8-11)21(18,19)16-12-9-13(10-12)20-4-2/h5-8,12-13,15-17H,3-4,9-10H2,1-2H3. The van der Waals surface area contributed by atoms with Gasteiger partial charge in [0.25, 0.3) is 0 Å². The Labute approximate surface area is 126 Å². The van der Waals surface area contributed by atoms with Gasteiger partial charge in [-0.2, -0.15) is 0 Å². The Morgan fingerprint density at radius 3 is 2.71 bits per heavy atom. The number of nitrogens with one attached hydrogen (secondary N) is 1. The second-order valence-electron chi connectivity index (χ2n) is 5.36. The third kappa shape index (κ3) is 4.03. The van der Waals surface area contributed by atoms with Crippen molar-refractivity contribution in [1.82, 2.24) is 4.72 Å². The second kappa shape index (κ2) is 6.87. The van der Waals surface area contributed by atoms with Crippen LogP contribution in [0.1, 0.15) is 44.8 Å². The fourth-order valence-electron chi connectivity index (χ4n) is 2.45. The lowest BCUT2D eigenvalue weighted by Crippen LogP contribution is -2.47. The molecule has 1 saturated carbocycles. The summed E-state index contributed by atoms with van der Waals surface area (Å²) in [6, 6.07) is 6.42. The van der Waals surface area contributed by atoms with Crippen LogP contribution in [0.4, 0.5) is 0 Å². The molecule has 1 fully saturated rings. The predicted octanol–water partition coefficient (Wildman–Crippen LogP) is 1.98. The molecule has 0 aromatic heterocycles. The molecule has 5 nitrogen and oxygen atoms in total. The normalized spacial score (nSPS) is 23.6. The van der Waals surface area contributed by atoms with Crippen LogP contribution in [0.15, 0.2) is 29.2 Å². The molecule has 6 heteroatoms. The molecule has 0 saturated heterocycles. The summed E-state index contributed by atoms with van der Waals surface area (Å²) in [4.78, 5) is 0.201. The molecule has 1 aromatic rings. The minimum Gasteiger partial charge on any atom is -0.388 e. The number of sulfonamides is 1. The third-order valence-corrected chi connectivity index (χ3v) is 5.28. The molecule has 0 bridgehead atoms. The van der Waals surface area contributed by atoms with E-state index in [4.69, 9.17) is 4.74 Å². The van der Waals surface area contributed by atoms with Crippen molar-refractivity contribution in [2.45, 2.75) is 56.3 Å². The van der Waals surface area contributed by atoms with Crippen LogP contribution in [0.25, 0.3) is 0 Å². The highest BCUT2D eigenvalue weighted by Crippen LogP contribution is 2.26. The van der Waals surface area contributed by atoms with E-state index >= 15 is 0 Å². The van der Waals surface area contributed by atoms with Crippen LogP contribution in [0, 0.1) is 0 Å². The lowest BCUT2D eigenvalue weighted by Gasteiger charge is -2.35. The molecule has 0 aliphatic heterocycles. The van der Waals surface area contributed by atoms with Crippen molar-refractivity contribution >= 4 is 10.0 Å². The van der Waals surface area contributed by atoms with Gasteiger partial charge in [0.05, 0.1) is 17.1 Å². The van der Waals surface area contributed by atoms with Gasteiger partial charge in [0.1, 0.15) is 0 Å². The van der Waals surface area contributed by atoms with E-state index in [9.17, 15) is 13.5 Å². The van der Waals surface area contributed by atoms with Crippen LogP contribution >= 0.6 is 0 Å². The molecule has 118 valence electrons. The first-order chi connectivity index (χ1) is 9.96. The molecule has 1 aliphatic rings. The lowest BCUT2D eigenvalue weighted by atomic mass is 9.90. The van der Waals surface area contributed by atoms with Crippen LogP contribution in [-0.2, 0) is 14.8 Å². The molecule has 1 aromatic carbocycles. The van der Waals surface area contributed by atoms with Gasteiger partial charge < -0.3 is 9.84 Å². The Kier molecular flexibility index (Phi) is 5.37. The zero-order chi connectivity index (χ0) is 15.5. The van der Waals surface area contributed by atoms with Crippen molar-refractivity contribution in [3.8, 4) is 0 Å². The average Bonchev–Trinajstić information content (AvgIpc) is 2.44. The van der Waals surface area contributed by atoms with E-state index in [1.165, 1.54) is 6.07 Å². The van der Waals surface area contributed by atoms with E-state index in [1.54, 1.807) is 18.2 Å². The number of aliphatic hydroxyl groups excluding tert-OH is 1. The summed E-state index contributed by atoms with van der Waals surface area (Å²) in [5.41, 5.74) is 0.626. The lowest BCUT2D eigenvalue weighted by molar-refractivity contribution is -0.00475. The SMILES string of the molecule is CCOC1CC(NS(=O)(=O)c2cccc(C(O)CC)c2)C1. The number of aliphatic hydroxyl groups is 1. The van der Waals surface area contributed by atoms with Gasteiger partial charge in [0.15, 0.2) is 0 Å². The fraction of sp³-hybridized carbons (Fsp3) is 0.600. The van der Waals surface area contributed by atoms with E-state index in [2.05, 4.69) is 4.72 Å². The van der Waals surface area contributed by atoms with E-state index < -0.39 is 16.1 Å². The minimum atomic E-state index is -3.54. The first-order valence-corrected chi connectivity index (χ1v) is 8.86. The Hall–Kier alpha value is -0.950. The Morgan fingerprint density at radius 1 is 1.38 bits per heavy atom. The molecule has 0 amide bonds. The van der Waals surface area contributed by atoms with E-state index in [-0.39, 0.29) is 17.0 Å². The topological polar surface area (TPSA) is 75.6 Å². The maximum absolute atomic E-state index is 12.3. The quantitative estimate of drug-likeness (QED) is 0.807. The molecule has 1 aliphatic carbocycles. The second-order valence-corrected chi connectivity index (χ2v) is 7.08. The third-order valence-electron chi connectivity index (χ3n) is 3.76. The van der Waals surface area contributed by atoms with Crippen molar-refractivity contribution in [2.75, 3.05) is 6.61 Å². The molecule has 0 heterocycles. The molecule has 2 N–H and O–H groups in total. The van der Waals surface area contributed by atoms with Gasteiger partial charge in [0.2, 0.25) is 10.0 Å². The van der Waals surface area contributed by atoms with Crippen molar-refractivity contribution in [3.63, 3.8) is 0 Å². The highest BCUT2D eigenvalue weighted by atomic mass is 32.2. The predicted molar refractivity (Wildman–Crippen MR) is 80.5 cm³/mol. The molecule has 1 unspecified atom stereocenters.